The topological polar surface area (TPSA) is 59.8 Å². The maximum atomic E-state index is 12.0. The summed E-state index contributed by atoms with van der Waals surface area (Å²) in [7, 11) is 1.81. The molecule has 0 bridgehead atoms. The molecule has 1 amide bonds. The van der Waals surface area contributed by atoms with E-state index in [1.165, 1.54) is 0 Å². The number of nitrogens with zero attached hydrogens (tertiary/aromatic N) is 3. The first-order chi connectivity index (χ1) is 9.06. The molecule has 2 aromatic rings. The lowest BCUT2D eigenvalue weighted by Gasteiger charge is -2.06. The summed E-state index contributed by atoms with van der Waals surface area (Å²) in [5.41, 5.74) is 0.585. The highest BCUT2D eigenvalue weighted by Gasteiger charge is 2.10. The fourth-order valence-electron chi connectivity index (χ4n) is 1.55. The van der Waals surface area contributed by atoms with Crippen molar-refractivity contribution in [3.63, 3.8) is 0 Å². The maximum absolute atomic E-state index is 12.0. The quantitative estimate of drug-likeness (QED) is 0.813. The number of hydrogen-bond acceptors (Lipinski definition) is 3. The Hall–Kier alpha value is -1.15. The Balaban J connectivity index is 1.92. The number of hydrogen-bond donors (Lipinski definition) is 1. The number of benzene rings is 1. The van der Waals surface area contributed by atoms with Crippen molar-refractivity contribution in [1.29, 1.82) is 0 Å². The standard InChI is InChI=1S/C12H12ClIN4O/c1-18-7-16-11(17-18)4-5-15-12(19)9-6-8(13)2-3-10(9)14/h2-3,6-7H,4-5H2,1H3,(H,15,19). The number of halogens is 2. The summed E-state index contributed by atoms with van der Waals surface area (Å²) in [4.78, 5) is 16.1. The molecule has 1 heterocycles. The van der Waals surface area contributed by atoms with E-state index < -0.39 is 0 Å². The third kappa shape index (κ3) is 3.90. The molecule has 0 saturated carbocycles. The van der Waals surface area contributed by atoms with Gasteiger partial charge in [-0.15, -0.1) is 0 Å². The normalized spacial score (nSPS) is 10.5. The van der Waals surface area contributed by atoms with Crippen LogP contribution in [0.25, 0.3) is 0 Å². The third-order valence-corrected chi connectivity index (χ3v) is 3.63. The van der Waals surface area contributed by atoms with E-state index in [9.17, 15) is 4.79 Å². The average Bonchev–Trinajstić information content (AvgIpc) is 2.78. The minimum atomic E-state index is -0.136. The van der Waals surface area contributed by atoms with Crippen molar-refractivity contribution >= 4 is 40.1 Å². The molecule has 1 aromatic heterocycles. The van der Waals surface area contributed by atoms with E-state index in [0.717, 1.165) is 3.57 Å². The zero-order valence-corrected chi connectivity index (χ0v) is 13.1. The van der Waals surface area contributed by atoms with Crippen LogP contribution in [0.1, 0.15) is 16.2 Å². The van der Waals surface area contributed by atoms with Gasteiger partial charge < -0.3 is 5.32 Å². The van der Waals surface area contributed by atoms with E-state index in [0.29, 0.717) is 29.4 Å². The van der Waals surface area contributed by atoms with E-state index >= 15 is 0 Å². The Bertz CT molecular complexity index is 599. The van der Waals surface area contributed by atoms with Crippen molar-refractivity contribution in [3.05, 3.63) is 44.5 Å². The fraction of sp³-hybridized carbons (Fsp3) is 0.250. The van der Waals surface area contributed by atoms with Gasteiger partial charge in [0.1, 0.15) is 6.33 Å². The van der Waals surface area contributed by atoms with Crippen molar-refractivity contribution in [1.82, 2.24) is 20.1 Å². The van der Waals surface area contributed by atoms with Crippen LogP contribution < -0.4 is 5.32 Å². The second-order valence-electron chi connectivity index (χ2n) is 3.96. The van der Waals surface area contributed by atoms with Crippen LogP contribution in [0.3, 0.4) is 0 Å². The Labute approximate surface area is 129 Å². The Kier molecular flexibility index (Phi) is 4.76. The second kappa shape index (κ2) is 6.33. The summed E-state index contributed by atoms with van der Waals surface area (Å²) in [5, 5.41) is 7.53. The number of nitrogens with one attached hydrogen (secondary N) is 1. The van der Waals surface area contributed by atoms with Crippen LogP contribution in [0.15, 0.2) is 24.5 Å². The molecule has 0 aliphatic rings. The molecule has 0 saturated heterocycles. The van der Waals surface area contributed by atoms with Gasteiger partial charge in [-0.3, -0.25) is 9.48 Å². The van der Waals surface area contributed by atoms with Crippen LogP contribution in [0.2, 0.25) is 5.02 Å². The molecule has 0 atom stereocenters. The van der Waals surface area contributed by atoms with Crippen LogP contribution in [-0.4, -0.2) is 27.2 Å². The summed E-state index contributed by atoms with van der Waals surface area (Å²) in [5.74, 6) is 0.575. The molecule has 1 N–H and O–H groups in total. The lowest BCUT2D eigenvalue weighted by molar-refractivity contribution is 0.0953. The highest BCUT2D eigenvalue weighted by molar-refractivity contribution is 14.1. The van der Waals surface area contributed by atoms with E-state index in [1.54, 1.807) is 23.1 Å². The fourth-order valence-corrected chi connectivity index (χ4v) is 2.31. The molecule has 0 unspecified atom stereocenters. The van der Waals surface area contributed by atoms with Gasteiger partial charge in [0.15, 0.2) is 5.82 Å². The van der Waals surface area contributed by atoms with Gasteiger partial charge in [0.05, 0.1) is 5.56 Å². The number of rotatable bonds is 4. The highest BCUT2D eigenvalue weighted by atomic mass is 127. The zero-order valence-electron chi connectivity index (χ0n) is 10.2. The third-order valence-electron chi connectivity index (χ3n) is 2.45. The second-order valence-corrected chi connectivity index (χ2v) is 5.56. The Morgan fingerprint density at radius 2 is 2.32 bits per heavy atom. The SMILES string of the molecule is Cn1cnc(CCNC(=O)c2cc(Cl)ccc2I)n1. The summed E-state index contributed by atoms with van der Waals surface area (Å²) in [6.45, 7) is 0.492. The van der Waals surface area contributed by atoms with E-state index in [2.05, 4.69) is 38.0 Å². The van der Waals surface area contributed by atoms with Crippen LogP contribution in [0.4, 0.5) is 0 Å². The molecule has 5 nitrogen and oxygen atoms in total. The van der Waals surface area contributed by atoms with Crippen LogP contribution in [-0.2, 0) is 13.5 Å². The summed E-state index contributed by atoms with van der Waals surface area (Å²) < 4.78 is 2.51. The number of aromatic nitrogens is 3. The first kappa shape index (κ1) is 14.3. The summed E-state index contributed by atoms with van der Waals surface area (Å²) in [6.07, 6.45) is 2.24. The number of amides is 1. The van der Waals surface area contributed by atoms with Crippen molar-refractivity contribution in [2.45, 2.75) is 6.42 Å². The van der Waals surface area contributed by atoms with Crippen molar-refractivity contribution in [2.75, 3.05) is 6.54 Å². The van der Waals surface area contributed by atoms with Gasteiger partial charge >= 0.3 is 0 Å². The molecule has 2 rings (SSSR count). The lowest BCUT2D eigenvalue weighted by Crippen LogP contribution is -2.26. The zero-order chi connectivity index (χ0) is 13.8. The van der Waals surface area contributed by atoms with Crippen molar-refractivity contribution in [2.24, 2.45) is 7.05 Å². The summed E-state index contributed by atoms with van der Waals surface area (Å²) >= 11 is 8.00. The molecule has 7 heteroatoms. The number of carbonyl (C=O) groups excluding carboxylic acids is 1. The predicted molar refractivity (Wildman–Crippen MR) is 81.2 cm³/mol. The van der Waals surface area contributed by atoms with Gasteiger partial charge in [-0.2, -0.15) is 5.10 Å². The van der Waals surface area contributed by atoms with Gasteiger partial charge in [-0.25, -0.2) is 4.98 Å². The van der Waals surface area contributed by atoms with Gasteiger partial charge in [0, 0.05) is 28.6 Å². The summed E-state index contributed by atoms with van der Waals surface area (Å²) in [6, 6.07) is 5.24. The molecular weight excluding hydrogens is 379 g/mol. The first-order valence-electron chi connectivity index (χ1n) is 5.64. The Morgan fingerprint density at radius 1 is 1.53 bits per heavy atom. The molecule has 1 aromatic carbocycles. The maximum Gasteiger partial charge on any atom is 0.252 e. The molecule has 0 aliphatic heterocycles. The molecule has 100 valence electrons. The molecule has 19 heavy (non-hydrogen) atoms. The van der Waals surface area contributed by atoms with Crippen LogP contribution in [0.5, 0.6) is 0 Å². The van der Waals surface area contributed by atoms with Gasteiger partial charge in [-0.05, 0) is 40.8 Å². The first-order valence-corrected chi connectivity index (χ1v) is 7.09. The van der Waals surface area contributed by atoms with Crippen LogP contribution >= 0.6 is 34.2 Å². The Morgan fingerprint density at radius 3 is 3.00 bits per heavy atom. The number of aryl methyl sites for hydroxylation is 1. The van der Waals surface area contributed by atoms with Crippen molar-refractivity contribution < 1.29 is 4.79 Å². The van der Waals surface area contributed by atoms with E-state index in [4.69, 9.17) is 11.6 Å². The average molecular weight is 391 g/mol. The van der Waals surface area contributed by atoms with E-state index in [1.807, 2.05) is 13.1 Å². The van der Waals surface area contributed by atoms with Gasteiger partial charge in [-0.1, -0.05) is 11.6 Å². The predicted octanol–water partition coefficient (Wildman–Crippen LogP) is 2.05. The largest absolute Gasteiger partial charge is 0.352 e. The molecular formula is C12H12ClIN4O. The minimum absolute atomic E-state index is 0.136. The van der Waals surface area contributed by atoms with Crippen molar-refractivity contribution in [3.8, 4) is 0 Å². The van der Waals surface area contributed by atoms with Gasteiger partial charge in [0.2, 0.25) is 0 Å². The minimum Gasteiger partial charge on any atom is -0.352 e. The van der Waals surface area contributed by atoms with Gasteiger partial charge in [0.25, 0.3) is 5.91 Å². The van der Waals surface area contributed by atoms with E-state index in [-0.39, 0.29) is 5.91 Å². The molecule has 0 aliphatic carbocycles. The molecule has 0 spiro atoms. The number of carbonyl (C=O) groups is 1. The monoisotopic (exact) mass is 390 g/mol. The molecule has 0 radical (unpaired) electrons. The smallest absolute Gasteiger partial charge is 0.252 e. The molecule has 0 fully saturated rings. The lowest BCUT2D eigenvalue weighted by atomic mass is 10.2. The highest BCUT2D eigenvalue weighted by Crippen LogP contribution is 2.17. The van der Waals surface area contributed by atoms with Crippen LogP contribution in [0, 0.1) is 3.57 Å².